The van der Waals surface area contributed by atoms with Gasteiger partial charge in [-0.25, -0.2) is 0 Å². The number of rotatable bonds is 8. The predicted octanol–water partition coefficient (Wildman–Crippen LogP) is 2.30. The molecule has 0 aliphatic rings. The Morgan fingerprint density at radius 3 is 2.38 bits per heavy atom. The normalized spacial score (nSPS) is 10.7. The Labute approximate surface area is 136 Å². The molecule has 0 aromatic heterocycles. The number of carbonyl (C=O) groups excluding carboxylic acids is 1. The molecule has 0 saturated carbocycles. The smallest absolute Gasteiger partial charge is 0.223 e. The van der Waals surface area contributed by atoms with Crippen LogP contribution >= 0.6 is 23.8 Å². The van der Waals surface area contributed by atoms with Crippen LogP contribution in [0.2, 0.25) is 5.02 Å². The van der Waals surface area contributed by atoms with Crippen molar-refractivity contribution in [2.45, 2.75) is 19.4 Å². The van der Waals surface area contributed by atoms with Gasteiger partial charge >= 0.3 is 0 Å². The van der Waals surface area contributed by atoms with Crippen molar-refractivity contribution in [1.82, 2.24) is 9.80 Å². The molecule has 0 aliphatic carbocycles. The summed E-state index contributed by atoms with van der Waals surface area (Å²) in [6, 6.07) is 7.74. The van der Waals surface area contributed by atoms with Crippen LogP contribution in [0.15, 0.2) is 24.3 Å². The molecule has 21 heavy (non-hydrogen) atoms. The minimum atomic E-state index is 0.106. The van der Waals surface area contributed by atoms with Crippen LogP contribution in [0.25, 0.3) is 0 Å². The summed E-state index contributed by atoms with van der Waals surface area (Å²) in [5, 5.41) is 0.732. The SMILES string of the molecule is CN(CCC(=O)N(C)CCC(N)=S)Cc1ccc(Cl)cc1. The number of thiocarbonyl (C=S) groups is 1. The number of hydrogen-bond donors (Lipinski definition) is 1. The minimum Gasteiger partial charge on any atom is -0.393 e. The van der Waals surface area contributed by atoms with Gasteiger partial charge in [-0.3, -0.25) is 4.79 Å². The van der Waals surface area contributed by atoms with Gasteiger partial charge in [0.1, 0.15) is 0 Å². The van der Waals surface area contributed by atoms with Crippen molar-refractivity contribution < 1.29 is 4.79 Å². The highest BCUT2D eigenvalue weighted by molar-refractivity contribution is 7.80. The van der Waals surface area contributed by atoms with Gasteiger partial charge in [-0.05, 0) is 24.7 Å². The third kappa shape index (κ3) is 7.41. The van der Waals surface area contributed by atoms with Gasteiger partial charge in [0.05, 0.1) is 4.99 Å². The zero-order valence-corrected chi connectivity index (χ0v) is 14.1. The lowest BCUT2D eigenvalue weighted by molar-refractivity contribution is -0.130. The standard InChI is InChI=1S/C15H22ClN3OS/c1-18(11-12-3-5-13(16)6-4-12)9-8-15(20)19(2)10-7-14(17)21/h3-6H,7-11H2,1-2H3,(H2,17,21). The number of hydrogen-bond acceptors (Lipinski definition) is 3. The molecule has 0 aliphatic heterocycles. The Morgan fingerprint density at radius 1 is 1.19 bits per heavy atom. The molecule has 0 fully saturated rings. The Balaban J connectivity index is 2.31. The van der Waals surface area contributed by atoms with E-state index >= 15 is 0 Å². The van der Waals surface area contributed by atoms with Crippen molar-refractivity contribution in [2.75, 3.05) is 27.2 Å². The third-order valence-corrected chi connectivity index (χ3v) is 3.65. The summed E-state index contributed by atoms with van der Waals surface area (Å²) in [5.74, 6) is 0.106. The zero-order chi connectivity index (χ0) is 15.8. The molecule has 0 bridgehead atoms. The summed E-state index contributed by atoms with van der Waals surface area (Å²) < 4.78 is 0. The maximum absolute atomic E-state index is 12.0. The molecule has 0 heterocycles. The molecule has 2 N–H and O–H groups in total. The fraction of sp³-hybridized carbons (Fsp3) is 0.467. The lowest BCUT2D eigenvalue weighted by atomic mass is 10.2. The number of carbonyl (C=O) groups is 1. The highest BCUT2D eigenvalue weighted by Gasteiger charge is 2.10. The van der Waals surface area contributed by atoms with Crippen LogP contribution in [0.5, 0.6) is 0 Å². The summed E-state index contributed by atoms with van der Waals surface area (Å²) in [5.41, 5.74) is 6.61. The quantitative estimate of drug-likeness (QED) is 0.744. The molecule has 0 atom stereocenters. The highest BCUT2D eigenvalue weighted by atomic mass is 35.5. The van der Waals surface area contributed by atoms with Crippen molar-refractivity contribution in [3.05, 3.63) is 34.9 Å². The van der Waals surface area contributed by atoms with Crippen LogP contribution in [-0.2, 0) is 11.3 Å². The average Bonchev–Trinajstić information content (AvgIpc) is 2.44. The second-order valence-electron chi connectivity index (χ2n) is 5.15. The topological polar surface area (TPSA) is 49.6 Å². The maximum atomic E-state index is 12.0. The van der Waals surface area contributed by atoms with Crippen molar-refractivity contribution in [3.8, 4) is 0 Å². The number of halogens is 1. The van der Waals surface area contributed by atoms with Crippen molar-refractivity contribution >= 4 is 34.7 Å². The zero-order valence-electron chi connectivity index (χ0n) is 12.5. The second-order valence-corrected chi connectivity index (χ2v) is 6.11. The van der Waals surface area contributed by atoms with Gasteiger partial charge in [0.2, 0.25) is 5.91 Å². The van der Waals surface area contributed by atoms with Gasteiger partial charge in [0, 0.05) is 44.5 Å². The van der Waals surface area contributed by atoms with Crippen molar-refractivity contribution in [1.29, 1.82) is 0 Å². The fourth-order valence-electron chi connectivity index (χ4n) is 1.86. The summed E-state index contributed by atoms with van der Waals surface area (Å²) in [7, 11) is 3.77. The molecule has 0 unspecified atom stereocenters. The van der Waals surface area contributed by atoms with Crippen LogP contribution < -0.4 is 5.73 Å². The van der Waals surface area contributed by atoms with E-state index < -0.39 is 0 Å². The minimum absolute atomic E-state index is 0.106. The summed E-state index contributed by atoms with van der Waals surface area (Å²) in [6.07, 6.45) is 1.05. The Morgan fingerprint density at radius 2 is 1.81 bits per heavy atom. The molecule has 0 saturated heterocycles. The number of amides is 1. The largest absolute Gasteiger partial charge is 0.393 e. The van der Waals surface area contributed by atoms with Crippen molar-refractivity contribution in [3.63, 3.8) is 0 Å². The van der Waals surface area contributed by atoms with E-state index in [1.165, 1.54) is 5.56 Å². The van der Waals surface area contributed by atoms with Gasteiger partial charge in [-0.15, -0.1) is 0 Å². The monoisotopic (exact) mass is 327 g/mol. The fourth-order valence-corrected chi connectivity index (χ4v) is 2.08. The maximum Gasteiger partial charge on any atom is 0.223 e. The Hall–Kier alpha value is -1.17. The second kappa shape index (κ2) is 8.97. The lowest BCUT2D eigenvalue weighted by Gasteiger charge is -2.20. The first kappa shape index (κ1) is 17.9. The van der Waals surface area contributed by atoms with E-state index in [2.05, 4.69) is 4.90 Å². The molecule has 0 radical (unpaired) electrons. The molecular formula is C15H22ClN3OS. The van der Waals surface area contributed by atoms with Crippen molar-refractivity contribution in [2.24, 2.45) is 5.73 Å². The van der Waals surface area contributed by atoms with Crippen LogP contribution in [0.1, 0.15) is 18.4 Å². The molecule has 1 aromatic rings. The third-order valence-electron chi connectivity index (χ3n) is 3.19. The lowest BCUT2D eigenvalue weighted by Crippen LogP contribution is -2.32. The summed E-state index contributed by atoms with van der Waals surface area (Å²) in [4.78, 5) is 16.2. The van der Waals surface area contributed by atoms with E-state index in [0.717, 1.165) is 11.6 Å². The van der Waals surface area contributed by atoms with E-state index in [9.17, 15) is 4.79 Å². The van der Waals surface area contributed by atoms with Crippen LogP contribution in [0.3, 0.4) is 0 Å². The first-order valence-electron chi connectivity index (χ1n) is 6.83. The number of benzene rings is 1. The van der Waals surface area contributed by atoms with Gasteiger partial charge < -0.3 is 15.5 Å². The molecule has 1 aromatic carbocycles. The average molecular weight is 328 g/mol. The molecule has 6 heteroatoms. The van der Waals surface area contributed by atoms with E-state index in [-0.39, 0.29) is 5.91 Å². The molecule has 116 valence electrons. The van der Waals surface area contributed by atoms with Crippen LogP contribution in [0, 0.1) is 0 Å². The first-order valence-corrected chi connectivity index (χ1v) is 7.62. The van der Waals surface area contributed by atoms with Gasteiger partial charge in [0.15, 0.2) is 0 Å². The highest BCUT2D eigenvalue weighted by Crippen LogP contribution is 2.11. The predicted molar refractivity (Wildman–Crippen MR) is 91.4 cm³/mol. The summed E-state index contributed by atoms with van der Waals surface area (Å²) >= 11 is 10.7. The molecular weight excluding hydrogens is 306 g/mol. The Kier molecular flexibility index (Phi) is 7.64. The van der Waals surface area contributed by atoms with Crippen LogP contribution in [0.4, 0.5) is 0 Å². The van der Waals surface area contributed by atoms with Gasteiger partial charge in [0.25, 0.3) is 0 Å². The molecule has 1 rings (SSSR count). The molecule has 1 amide bonds. The number of nitrogens with zero attached hydrogens (tertiary/aromatic N) is 2. The molecule has 4 nitrogen and oxygen atoms in total. The van der Waals surface area contributed by atoms with Gasteiger partial charge in [-0.1, -0.05) is 36.0 Å². The Bertz CT molecular complexity index is 478. The van der Waals surface area contributed by atoms with Crippen LogP contribution in [-0.4, -0.2) is 47.9 Å². The number of nitrogens with two attached hydrogens (primary N) is 1. The summed E-state index contributed by atoms with van der Waals surface area (Å²) in [6.45, 7) is 2.08. The molecule has 0 spiro atoms. The van der Waals surface area contributed by atoms with E-state index in [1.54, 1.807) is 11.9 Å². The van der Waals surface area contributed by atoms with E-state index in [1.807, 2.05) is 31.3 Å². The van der Waals surface area contributed by atoms with E-state index in [0.29, 0.717) is 30.9 Å². The first-order chi connectivity index (χ1) is 9.88. The van der Waals surface area contributed by atoms with E-state index in [4.69, 9.17) is 29.6 Å². The van der Waals surface area contributed by atoms with Gasteiger partial charge in [-0.2, -0.15) is 0 Å².